The standard InChI is InChI=1S/C22H36F3N5O/c1-13(2)17-9-19(22(23,24)25)30-20(26-17)10-18(27-30)16-7-8-28(11-16)12-21(31)29(14(3)4)15(5)6/h10,13-17,19,26H,7-9,11-12H2,1-6H3/t16?,17-,19+/m0/s1. The van der Waals surface area contributed by atoms with Crippen molar-refractivity contribution in [2.24, 2.45) is 5.92 Å². The van der Waals surface area contributed by atoms with E-state index in [-0.39, 0.29) is 42.3 Å². The number of alkyl halides is 3. The molecule has 31 heavy (non-hydrogen) atoms. The van der Waals surface area contributed by atoms with Gasteiger partial charge in [0.05, 0.1) is 12.2 Å². The zero-order valence-electron chi connectivity index (χ0n) is 19.4. The van der Waals surface area contributed by atoms with Gasteiger partial charge in [-0.05, 0) is 53.0 Å². The van der Waals surface area contributed by atoms with E-state index < -0.39 is 12.2 Å². The number of nitrogens with zero attached hydrogens (tertiary/aromatic N) is 4. The number of hydrogen-bond donors (Lipinski definition) is 1. The van der Waals surface area contributed by atoms with Crippen molar-refractivity contribution in [1.29, 1.82) is 0 Å². The first-order chi connectivity index (χ1) is 14.4. The third-order valence-electron chi connectivity index (χ3n) is 6.49. The molecule has 0 aromatic carbocycles. The van der Waals surface area contributed by atoms with Gasteiger partial charge in [0, 0.05) is 36.7 Å². The molecule has 6 nitrogen and oxygen atoms in total. The molecule has 0 saturated carbocycles. The molecule has 3 atom stereocenters. The lowest BCUT2D eigenvalue weighted by Gasteiger charge is -2.35. The van der Waals surface area contributed by atoms with Gasteiger partial charge in [-0.25, -0.2) is 4.68 Å². The lowest BCUT2D eigenvalue weighted by molar-refractivity contribution is -0.174. The number of anilines is 1. The Labute approximate surface area is 183 Å². The highest BCUT2D eigenvalue weighted by atomic mass is 19.4. The predicted molar refractivity (Wildman–Crippen MR) is 115 cm³/mol. The second kappa shape index (κ2) is 9.00. The predicted octanol–water partition coefficient (Wildman–Crippen LogP) is 4.26. The van der Waals surface area contributed by atoms with Crippen molar-refractivity contribution >= 4 is 11.7 Å². The Kier molecular flexibility index (Phi) is 6.93. The highest BCUT2D eigenvalue weighted by Crippen LogP contribution is 2.42. The number of hydrogen-bond acceptors (Lipinski definition) is 4. The molecule has 2 aliphatic rings. The summed E-state index contributed by atoms with van der Waals surface area (Å²) in [6.45, 7) is 13.6. The number of carbonyl (C=O) groups excluding carboxylic acids is 1. The van der Waals surface area contributed by atoms with E-state index in [2.05, 4.69) is 15.3 Å². The van der Waals surface area contributed by atoms with Crippen LogP contribution in [0.15, 0.2) is 6.07 Å². The van der Waals surface area contributed by atoms with Gasteiger partial charge in [-0.3, -0.25) is 9.69 Å². The number of halogens is 3. The van der Waals surface area contributed by atoms with Crippen LogP contribution in [0.1, 0.15) is 72.0 Å². The molecule has 1 N–H and O–H groups in total. The number of nitrogens with one attached hydrogen (secondary N) is 1. The van der Waals surface area contributed by atoms with Crippen LogP contribution in [0, 0.1) is 5.92 Å². The van der Waals surface area contributed by atoms with Crippen LogP contribution in [0.25, 0.3) is 0 Å². The highest BCUT2D eigenvalue weighted by molar-refractivity contribution is 5.78. The summed E-state index contributed by atoms with van der Waals surface area (Å²) >= 11 is 0. The van der Waals surface area contributed by atoms with Gasteiger partial charge in [0.1, 0.15) is 5.82 Å². The quantitative estimate of drug-likeness (QED) is 0.714. The summed E-state index contributed by atoms with van der Waals surface area (Å²) in [5.41, 5.74) is 0.681. The molecule has 176 valence electrons. The molecule has 1 aromatic rings. The fourth-order valence-corrected chi connectivity index (χ4v) is 4.92. The largest absolute Gasteiger partial charge is 0.410 e. The number of fused-ring (bicyclic) bond motifs is 1. The monoisotopic (exact) mass is 443 g/mol. The van der Waals surface area contributed by atoms with Gasteiger partial charge in [-0.15, -0.1) is 0 Å². The molecular weight excluding hydrogens is 407 g/mol. The Bertz CT molecular complexity index is 766. The van der Waals surface area contributed by atoms with Crippen molar-refractivity contribution in [3.05, 3.63) is 11.8 Å². The van der Waals surface area contributed by atoms with Crippen LogP contribution in [0.2, 0.25) is 0 Å². The van der Waals surface area contributed by atoms with Crippen LogP contribution < -0.4 is 5.32 Å². The molecule has 0 radical (unpaired) electrons. The summed E-state index contributed by atoms with van der Waals surface area (Å²) in [5.74, 6) is 0.663. The topological polar surface area (TPSA) is 53.4 Å². The summed E-state index contributed by atoms with van der Waals surface area (Å²) < 4.78 is 42.3. The third kappa shape index (κ3) is 5.18. The Balaban J connectivity index is 1.72. The van der Waals surface area contributed by atoms with Gasteiger partial charge in [-0.1, -0.05) is 13.8 Å². The SMILES string of the molecule is CC(C)[C@@H]1C[C@H](C(F)(F)F)n2nc(C3CCN(CC(=O)N(C(C)C)C(C)C)C3)cc2N1. The van der Waals surface area contributed by atoms with Gasteiger partial charge < -0.3 is 10.2 Å². The molecule has 0 bridgehead atoms. The van der Waals surface area contributed by atoms with Crippen LogP contribution >= 0.6 is 0 Å². The van der Waals surface area contributed by atoms with Gasteiger partial charge in [0.15, 0.2) is 6.04 Å². The fraction of sp³-hybridized carbons (Fsp3) is 0.818. The molecule has 1 amide bonds. The van der Waals surface area contributed by atoms with Gasteiger partial charge >= 0.3 is 6.18 Å². The summed E-state index contributed by atoms with van der Waals surface area (Å²) in [4.78, 5) is 16.7. The molecule has 3 rings (SSSR count). The Hall–Kier alpha value is -1.77. The maximum Gasteiger partial charge on any atom is 0.410 e. The van der Waals surface area contributed by atoms with E-state index in [1.54, 1.807) is 6.07 Å². The van der Waals surface area contributed by atoms with Crippen molar-refractivity contribution in [1.82, 2.24) is 19.6 Å². The number of aromatic nitrogens is 2. The molecule has 3 heterocycles. The fourth-order valence-electron chi connectivity index (χ4n) is 4.92. The summed E-state index contributed by atoms with van der Waals surface area (Å²) in [6, 6.07) is 0.196. The molecule has 1 fully saturated rings. The lowest BCUT2D eigenvalue weighted by atomic mass is 9.94. The molecule has 2 aliphatic heterocycles. The van der Waals surface area contributed by atoms with Crippen molar-refractivity contribution < 1.29 is 18.0 Å². The van der Waals surface area contributed by atoms with Crippen LogP contribution in [0.5, 0.6) is 0 Å². The van der Waals surface area contributed by atoms with E-state index in [4.69, 9.17) is 0 Å². The molecule has 1 unspecified atom stereocenters. The van der Waals surface area contributed by atoms with Crippen LogP contribution in [-0.4, -0.2) is 69.4 Å². The summed E-state index contributed by atoms with van der Waals surface area (Å²) in [5, 5.41) is 7.64. The highest BCUT2D eigenvalue weighted by Gasteiger charge is 2.47. The second-order valence-electron chi connectivity index (χ2n) is 9.90. The minimum atomic E-state index is -4.33. The van der Waals surface area contributed by atoms with E-state index in [9.17, 15) is 18.0 Å². The number of likely N-dealkylation sites (tertiary alicyclic amines) is 1. The van der Waals surface area contributed by atoms with Crippen LogP contribution in [0.3, 0.4) is 0 Å². The third-order valence-corrected chi connectivity index (χ3v) is 6.49. The van der Waals surface area contributed by atoms with E-state index >= 15 is 0 Å². The molecule has 1 saturated heterocycles. The average molecular weight is 444 g/mol. The van der Waals surface area contributed by atoms with Crippen molar-refractivity contribution in [3.63, 3.8) is 0 Å². The second-order valence-corrected chi connectivity index (χ2v) is 9.90. The molecule has 1 aromatic heterocycles. The minimum absolute atomic E-state index is 0.0131. The molecular formula is C22H36F3N5O. The van der Waals surface area contributed by atoms with Gasteiger partial charge in [-0.2, -0.15) is 18.3 Å². The maximum absolute atomic E-state index is 13.7. The average Bonchev–Trinajstić information content (AvgIpc) is 3.25. The summed E-state index contributed by atoms with van der Waals surface area (Å²) in [6.07, 6.45) is -3.56. The van der Waals surface area contributed by atoms with E-state index in [1.165, 1.54) is 0 Å². The van der Waals surface area contributed by atoms with Crippen molar-refractivity contribution in [3.8, 4) is 0 Å². The number of carbonyl (C=O) groups is 1. The van der Waals surface area contributed by atoms with Gasteiger partial charge in [0.2, 0.25) is 5.91 Å². The molecule has 9 heteroatoms. The maximum atomic E-state index is 13.7. The lowest BCUT2D eigenvalue weighted by Crippen LogP contribution is -2.46. The first-order valence-corrected chi connectivity index (χ1v) is 11.3. The Morgan fingerprint density at radius 1 is 1.23 bits per heavy atom. The van der Waals surface area contributed by atoms with Crippen LogP contribution in [0.4, 0.5) is 19.0 Å². The van der Waals surface area contributed by atoms with Crippen molar-refractivity contribution in [2.75, 3.05) is 25.0 Å². The number of rotatable bonds is 6. The first-order valence-electron chi connectivity index (χ1n) is 11.3. The Morgan fingerprint density at radius 3 is 2.42 bits per heavy atom. The van der Waals surface area contributed by atoms with E-state index in [0.29, 0.717) is 24.6 Å². The molecule has 0 aliphatic carbocycles. The van der Waals surface area contributed by atoms with E-state index in [0.717, 1.165) is 17.6 Å². The van der Waals surface area contributed by atoms with Crippen molar-refractivity contribution in [2.45, 2.75) is 90.6 Å². The zero-order chi connectivity index (χ0) is 23.1. The Morgan fingerprint density at radius 2 is 1.87 bits per heavy atom. The molecule has 0 spiro atoms. The zero-order valence-corrected chi connectivity index (χ0v) is 19.4. The first kappa shape index (κ1) is 23.9. The van der Waals surface area contributed by atoms with E-state index in [1.807, 2.05) is 46.4 Å². The van der Waals surface area contributed by atoms with Crippen LogP contribution in [-0.2, 0) is 4.79 Å². The number of amides is 1. The smallest absolute Gasteiger partial charge is 0.367 e. The van der Waals surface area contributed by atoms with Gasteiger partial charge in [0.25, 0.3) is 0 Å². The normalized spacial score (nSPS) is 24.7. The minimum Gasteiger partial charge on any atom is -0.367 e. The summed E-state index contributed by atoms with van der Waals surface area (Å²) in [7, 11) is 0.